The number of nitrogens with one attached hydrogen (secondary N) is 1. The van der Waals surface area contributed by atoms with Gasteiger partial charge in [-0.05, 0) is 30.3 Å². The zero-order valence-corrected chi connectivity index (χ0v) is 12.6. The Morgan fingerprint density at radius 2 is 2.00 bits per heavy atom. The minimum atomic E-state index is 0.576. The molecule has 2 aromatic carbocycles. The van der Waals surface area contributed by atoms with Gasteiger partial charge in [0.2, 0.25) is 0 Å². The highest BCUT2D eigenvalue weighted by atomic mass is 79.9. The fourth-order valence-corrected chi connectivity index (χ4v) is 2.53. The Balaban J connectivity index is 2.13. The first-order chi connectivity index (χ1) is 10.2. The summed E-state index contributed by atoms with van der Waals surface area (Å²) in [6, 6.07) is 15.2. The van der Waals surface area contributed by atoms with Gasteiger partial charge in [0.05, 0.1) is 22.5 Å². The van der Waals surface area contributed by atoms with Gasteiger partial charge in [-0.25, -0.2) is 0 Å². The largest absolute Gasteiger partial charge is 0.397 e. The lowest BCUT2D eigenvalue weighted by Gasteiger charge is -2.12. The molecular weight excluding hydrogens is 328 g/mol. The zero-order valence-electron chi connectivity index (χ0n) is 11.0. The van der Waals surface area contributed by atoms with Crippen LogP contribution in [0, 0.1) is 11.3 Å². The van der Waals surface area contributed by atoms with Gasteiger partial charge in [-0.15, -0.1) is 0 Å². The summed E-state index contributed by atoms with van der Waals surface area (Å²) in [6.45, 7) is 0. The molecule has 0 saturated heterocycles. The quantitative estimate of drug-likeness (QED) is 0.687. The number of aromatic nitrogens is 1. The van der Waals surface area contributed by atoms with Gasteiger partial charge in [-0.2, -0.15) is 5.26 Å². The minimum Gasteiger partial charge on any atom is -0.397 e. The molecule has 0 radical (unpaired) electrons. The molecule has 21 heavy (non-hydrogen) atoms. The molecule has 3 rings (SSSR count). The number of nitrogens with zero attached hydrogens (tertiary/aromatic N) is 2. The molecule has 0 amide bonds. The number of pyridine rings is 1. The summed E-state index contributed by atoms with van der Waals surface area (Å²) in [5.74, 6) is 0. The number of benzene rings is 2. The SMILES string of the molecule is N#Cc1ccc(Br)cc1Nc1ccnc2c(N)cccc12. The first-order valence-corrected chi connectivity index (χ1v) is 7.08. The highest BCUT2D eigenvalue weighted by Gasteiger charge is 2.07. The van der Waals surface area contributed by atoms with Crippen molar-refractivity contribution in [3.63, 3.8) is 0 Å². The van der Waals surface area contributed by atoms with E-state index in [9.17, 15) is 5.26 Å². The number of hydrogen-bond acceptors (Lipinski definition) is 4. The third kappa shape index (κ3) is 2.54. The van der Waals surface area contributed by atoms with Crippen molar-refractivity contribution < 1.29 is 0 Å². The van der Waals surface area contributed by atoms with E-state index in [-0.39, 0.29) is 0 Å². The molecule has 0 unspecified atom stereocenters. The number of hydrogen-bond donors (Lipinski definition) is 2. The number of anilines is 3. The first-order valence-electron chi connectivity index (χ1n) is 6.29. The molecule has 0 saturated carbocycles. The van der Waals surface area contributed by atoms with E-state index < -0.39 is 0 Å². The molecule has 1 aromatic heterocycles. The average molecular weight is 339 g/mol. The molecule has 3 aromatic rings. The molecular formula is C16H11BrN4. The van der Waals surface area contributed by atoms with Crippen LogP contribution < -0.4 is 11.1 Å². The summed E-state index contributed by atoms with van der Waals surface area (Å²) in [7, 11) is 0. The maximum Gasteiger partial charge on any atom is 0.101 e. The average Bonchev–Trinajstić information content (AvgIpc) is 2.49. The van der Waals surface area contributed by atoms with Crippen LogP contribution in [0.3, 0.4) is 0 Å². The molecule has 5 heteroatoms. The molecule has 3 N–H and O–H groups in total. The van der Waals surface area contributed by atoms with Crippen LogP contribution in [0.4, 0.5) is 17.1 Å². The summed E-state index contributed by atoms with van der Waals surface area (Å²) >= 11 is 3.42. The molecule has 0 aliphatic rings. The van der Waals surface area contributed by atoms with E-state index in [1.165, 1.54) is 0 Å². The molecule has 0 atom stereocenters. The Hall–Kier alpha value is -2.58. The van der Waals surface area contributed by atoms with Crippen molar-refractivity contribution in [2.45, 2.75) is 0 Å². The van der Waals surface area contributed by atoms with Crippen molar-refractivity contribution in [1.82, 2.24) is 4.98 Å². The summed E-state index contributed by atoms with van der Waals surface area (Å²) in [4.78, 5) is 4.30. The van der Waals surface area contributed by atoms with Gasteiger partial charge in [0.15, 0.2) is 0 Å². The van der Waals surface area contributed by atoms with E-state index >= 15 is 0 Å². The van der Waals surface area contributed by atoms with E-state index in [1.54, 1.807) is 12.3 Å². The third-order valence-electron chi connectivity index (χ3n) is 3.17. The van der Waals surface area contributed by atoms with Crippen LogP contribution >= 0.6 is 15.9 Å². The normalized spacial score (nSPS) is 10.3. The van der Waals surface area contributed by atoms with Crippen LogP contribution in [0.1, 0.15) is 5.56 Å². The van der Waals surface area contributed by atoms with E-state index in [4.69, 9.17) is 5.73 Å². The van der Waals surface area contributed by atoms with Crippen LogP contribution in [-0.2, 0) is 0 Å². The lowest BCUT2D eigenvalue weighted by atomic mass is 10.1. The van der Waals surface area contributed by atoms with Gasteiger partial charge in [0.25, 0.3) is 0 Å². The highest BCUT2D eigenvalue weighted by Crippen LogP contribution is 2.30. The number of fused-ring (bicyclic) bond motifs is 1. The van der Waals surface area contributed by atoms with Gasteiger partial charge in [-0.1, -0.05) is 28.1 Å². The number of rotatable bonds is 2. The molecule has 0 bridgehead atoms. The maximum atomic E-state index is 9.21. The third-order valence-corrected chi connectivity index (χ3v) is 3.67. The minimum absolute atomic E-state index is 0.576. The van der Waals surface area contributed by atoms with Crippen LogP contribution in [0.2, 0.25) is 0 Å². The Kier molecular flexibility index (Phi) is 3.46. The van der Waals surface area contributed by atoms with Crippen molar-refractivity contribution in [2.75, 3.05) is 11.1 Å². The molecule has 0 aliphatic heterocycles. The second-order valence-corrected chi connectivity index (χ2v) is 5.44. The lowest BCUT2D eigenvalue weighted by Crippen LogP contribution is -1.97. The van der Waals surface area contributed by atoms with Gasteiger partial charge < -0.3 is 11.1 Å². The number of nitriles is 1. The van der Waals surface area contributed by atoms with E-state index in [0.29, 0.717) is 11.3 Å². The molecule has 4 nitrogen and oxygen atoms in total. The van der Waals surface area contributed by atoms with Crippen molar-refractivity contribution in [3.8, 4) is 6.07 Å². The van der Waals surface area contributed by atoms with E-state index in [1.807, 2.05) is 36.4 Å². The summed E-state index contributed by atoms with van der Waals surface area (Å²) in [5.41, 5.74) is 9.50. The topological polar surface area (TPSA) is 74.7 Å². The molecule has 1 heterocycles. The summed E-state index contributed by atoms with van der Waals surface area (Å²) in [6.07, 6.45) is 1.70. The van der Waals surface area contributed by atoms with Crippen LogP contribution in [0.25, 0.3) is 10.9 Å². The monoisotopic (exact) mass is 338 g/mol. The predicted octanol–water partition coefficient (Wildman–Crippen LogP) is 4.19. The fraction of sp³-hybridized carbons (Fsp3) is 0. The second kappa shape index (κ2) is 5.43. The van der Waals surface area contributed by atoms with Gasteiger partial charge >= 0.3 is 0 Å². The number of para-hydroxylation sites is 1. The maximum absolute atomic E-state index is 9.21. The molecule has 0 aliphatic carbocycles. The molecule has 102 valence electrons. The van der Waals surface area contributed by atoms with Crippen molar-refractivity contribution in [1.29, 1.82) is 5.26 Å². The standard InChI is InChI=1S/C16H11BrN4/c17-11-5-4-10(9-18)15(8-11)21-14-6-7-20-16-12(14)2-1-3-13(16)19/h1-8H,19H2,(H,20,21). The van der Waals surface area contributed by atoms with E-state index in [0.717, 1.165) is 26.8 Å². The van der Waals surface area contributed by atoms with E-state index in [2.05, 4.69) is 32.3 Å². The predicted molar refractivity (Wildman–Crippen MR) is 88.3 cm³/mol. The van der Waals surface area contributed by atoms with Crippen LogP contribution in [-0.4, -0.2) is 4.98 Å². The molecule has 0 fully saturated rings. The number of halogens is 1. The summed E-state index contributed by atoms with van der Waals surface area (Å²) < 4.78 is 0.905. The first kappa shape index (κ1) is 13.4. The van der Waals surface area contributed by atoms with Crippen molar-refractivity contribution in [3.05, 3.63) is 58.7 Å². The Morgan fingerprint density at radius 3 is 2.81 bits per heavy atom. The highest BCUT2D eigenvalue weighted by molar-refractivity contribution is 9.10. The molecule has 0 spiro atoms. The van der Waals surface area contributed by atoms with Crippen LogP contribution in [0.5, 0.6) is 0 Å². The number of nitrogens with two attached hydrogens (primary N) is 1. The lowest BCUT2D eigenvalue weighted by molar-refractivity contribution is 1.40. The van der Waals surface area contributed by atoms with Crippen molar-refractivity contribution in [2.24, 2.45) is 0 Å². The Bertz CT molecular complexity index is 868. The van der Waals surface area contributed by atoms with Gasteiger partial charge in [-0.3, -0.25) is 4.98 Å². The summed E-state index contributed by atoms with van der Waals surface area (Å²) in [5, 5.41) is 13.4. The Morgan fingerprint density at radius 1 is 1.14 bits per heavy atom. The smallest absolute Gasteiger partial charge is 0.101 e. The van der Waals surface area contributed by atoms with Gasteiger partial charge in [0, 0.05) is 21.7 Å². The van der Waals surface area contributed by atoms with Crippen LogP contribution in [0.15, 0.2) is 53.1 Å². The number of nitrogen functional groups attached to an aromatic ring is 1. The van der Waals surface area contributed by atoms with Gasteiger partial charge in [0.1, 0.15) is 6.07 Å². The second-order valence-electron chi connectivity index (χ2n) is 4.53. The zero-order chi connectivity index (χ0) is 14.8. The van der Waals surface area contributed by atoms with Crippen molar-refractivity contribution >= 4 is 43.9 Å². The fourth-order valence-electron chi connectivity index (χ4n) is 2.17. The Labute approximate surface area is 130 Å².